The van der Waals surface area contributed by atoms with E-state index in [1.807, 2.05) is 12.1 Å². The Balaban J connectivity index is 3.12. The molecule has 13 heavy (non-hydrogen) atoms. The number of hydrogen-bond acceptors (Lipinski definition) is 2. The summed E-state index contributed by atoms with van der Waals surface area (Å²) in [5, 5.41) is 8.41. The van der Waals surface area contributed by atoms with Crippen LogP contribution < -0.4 is 4.74 Å². The van der Waals surface area contributed by atoms with Gasteiger partial charge in [-0.25, -0.2) is 0 Å². The van der Waals surface area contributed by atoms with E-state index in [4.69, 9.17) is 10.00 Å². The van der Waals surface area contributed by atoms with Crippen LogP contribution in [-0.2, 0) is 0 Å². The third-order valence-corrected chi connectivity index (χ3v) is 2.24. The predicted octanol–water partition coefficient (Wildman–Crippen LogP) is 3.43. The molecule has 68 valence electrons. The Morgan fingerprint density at radius 3 is 2.69 bits per heavy atom. The number of nitrogens with zero attached hydrogens (tertiary/aromatic N) is 1. The molecule has 0 fully saturated rings. The van der Waals surface area contributed by atoms with Crippen LogP contribution in [0.15, 0.2) is 22.7 Å². The standard InChI is InChI=1S/C10H10BrNO/c1-7(2)9-5-8(11)3-4-10(9)13-6-12/h3-5,7H,1-2H3. The molecule has 1 aromatic carbocycles. The minimum absolute atomic E-state index is 0.348. The molecule has 0 N–H and O–H groups in total. The monoisotopic (exact) mass is 239 g/mol. The van der Waals surface area contributed by atoms with Crippen LogP contribution in [0.25, 0.3) is 0 Å². The fourth-order valence-corrected chi connectivity index (χ4v) is 1.49. The van der Waals surface area contributed by atoms with Gasteiger partial charge in [0.1, 0.15) is 5.75 Å². The van der Waals surface area contributed by atoms with Gasteiger partial charge < -0.3 is 4.74 Å². The predicted molar refractivity (Wildman–Crippen MR) is 54.5 cm³/mol. The van der Waals surface area contributed by atoms with Crippen molar-refractivity contribution in [2.75, 3.05) is 0 Å². The van der Waals surface area contributed by atoms with E-state index in [0.717, 1.165) is 10.0 Å². The van der Waals surface area contributed by atoms with Crippen LogP contribution in [0.3, 0.4) is 0 Å². The van der Waals surface area contributed by atoms with E-state index in [9.17, 15) is 0 Å². The zero-order chi connectivity index (χ0) is 9.84. The second kappa shape index (κ2) is 4.29. The van der Waals surface area contributed by atoms with Crippen LogP contribution in [0.1, 0.15) is 25.3 Å². The number of halogens is 1. The van der Waals surface area contributed by atoms with Crippen LogP contribution in [0.5, 0.6) is 5.75 Å². The summed E-state index contributed by atoms with van der Waals surface area (Å²) < 4.78 is 5.84. The molecule has 1 rings (SSSR count). The highest BCUT2D eigenvalue weighted by molar-refractivity contribution is 9.10. The van der Waals surface area contributed by atoms with Gasteiger partial charge in [-0.3, -0.25) is 0 Å². The first kappa shape index (κ1) is 10.1. The van der Waals surface area contributed by atoms with Crippen LogP contribution in [0.4, 0.5) is 0 Å². The average molecular weight is 240 g/mol. The van der Waals surface area contributed by atoms with Crippen LogP contribution in [0, 0.1) is 11.5 Å². The average Bonchev–Trinajstić information content (AvgIpc) is 2.08. The van der Waals surface area contributed by atoms with Crippen molar-refractivity contribution in [1.29, 1.82) is 5.26 Å². The number of rotatable bonds is 2. The van der Waals surface area contributed by atoms with E-state index in [1.54, 1.807) is 12.3 Å². The summed E-state index contributed by atoms with van der Waals surface area (Å²) in [6.45, 7) is 4.12. The van der Waals surface area contributed by atoms with Gasteiger partial charge in [0.15, 0.2) is 0 Å². The molecule has 0 unspecified atom stereocenters. The smallest absolute Gasteiger partial charge is 0.292 e. The molecule has 2 nitrogen and oxygen atoms in total. The van der Waals surface area contributed by atoms with Crippen molar-refractivity contribution in [3.05, 3.63) is 28.2 Å². The quantitative estimate of drug-likeness (QED) is 0.742. The van der Waals surface area contributed by atoms with E-state index in [-0.39, 0.29) is 0 Å². The maximum atomic E-state index is 8.41. The van der Waals surface area contributed by atoms with E-state index < -0.39 is 0 Å². The zero-order valence-corrected chi connectivity index (χ0v) is 9.13. The topological polar surface area (TPSA) is 33.0 Å². The minimum Gasteiger partial charge on any atom is -0.388 e. The molecule has 0 amide bonds. The maximum Gasteiger partial charge on any atom is 0.292 e. The third-order valence-electron chi connectivity index (χ3n) is 1.75. The van der Waals surface area contributed by atoms with Gasteiger partial charge in [0.05, 0.1) is 0 Å². The van der Waals surface area contributed by atoms with Gasteiger partial charge in [0, 0.05) is 4.47 Å². The highest BCUT2D eigenvalue weighted by Gasteiger charge is 2.08. The Kier molecular flexibility index (Phi) is 3.32. The Labute approximate surface area is 86.3 Å². The molecule has 0 saturated heterocycles. The van der Waals surface area contributed by atoms with Gasteiger partial charge >= 0.3 is 0 Å². The normalized spacial score (nSPS) is 9.77. The molecule has 0 radical (unpaired) electrons. The van der Waals surface area contributed by atoms with Crippen molar-refractivity contribution >= 4 is 15.9 Å². The fraction of sp³-hybridized carbons (Fsp3) is 0.300. The van der Waals surface area contributed by atoms with Crippen LogP contribution >= 0.6 is 15.9 Å². The third kappa shape index (κ3) is 2.46. The van der Waals surface area contributed by atoms with E-state index in [0.29, 0.717) is 11.7 Å². The molecule has 0 aromatic heterocycles. The molecule has 0 spiro atoms. The lowest BCUT2D eigenvalue weighted by Crippen LogP contribution is -1.93. The Morgan fingerprint density at radius 2 is 2.15 bits per heavy atom. The van der Waals surface area contributed by atoms with E-state index in [1.165, 1.54) is 0 Å². The van der Waals surface area contributed by atoms with Gasteiger partial charge in [-0.2, -0.15) is 0 Å². The lowest BCUT2D eigenvalue weighted by Gasteiger charge is -2.09. The van der Waals surface area contributed by atoms with Gasteiger partial charge in [-0.05, 0) is 29.7 Å². The van der Waals surface area contributed by atoms with Gasteiger partial charge in [-0.15, -0.1) is 5.26 Å². The number of benzene rings is 1. The Bertz CT molecular complexity index is 341. The largest absolute Gasteiger partial charge is 0.388 e. The molecule has 0 heterocycles. The first-order valence-electron chi connectivity index (χ1n) is 4.00. The summed E-state index contributed by atoms with van der Waals surface area (Å²) in [6.07, 6.45) is 1.68. The summed E-state index contributed by atoms with van der Waals surface area (Å²) in [5.74, 6) is 0.988. The first-order valence-corrected chi connectivity index (χ1v) is 4.80. The molecule has 0 aliphatic carbocycles. The Hall–Kier alpha value is -1.01. The second-order valence-corrected chi connectivity index (χ2v) is 3.95. The molecule has 0 atom stereocenters. The van der Waals surface area contributed by atoms with Crippen molar-refractivity contribution < 1.29 is 4.74 Å². The zero-order valence-electron chi connectivity index (χ0n) is 7.54. The number of nitriles is 1. The molecule has 0 aliphatic heterocycles. The first-order chi connectivity index (χ1) is 6.15. The fourth-order valence-electron chi connectivity index (χ4n) is 1.11. The number of hydrogen-bond donors (Lipinski definition) is 0. The lowest BCUT2D eigenvalue weighted by molar-refractivity contribution is 0.496. The molecule has 0 bridgehead atoms. The summed E-state index contributed by atoms with van der Waals surface area (Å²) in [7, 11) is 0. The van der Waals surface area contributed by atoms with Crippen molar-refractivity contribution in [3.63, 3.8) is 0 Å². The maximum absolute atomic E-state index is 8.41. The van der Waals surface area contributed by atoms with Crippen LogP contribution in [-0.4, -0.2) is 0 Å². The van der Waals surface area contributed by atoms with Gasteiger partial charge in [0.2, 0.25) is 0 Å². The Morgan fingerprint density at radius 1 is 1.46 bits per heavy atom. The number of ether oxygens (including phenoxy) is 1. The van der Waals surface area contributed by atoms with Gasteiger partial charge in [-0.1, -0.05) is 29.8 Å². The van der Waals surface area contributed by atoms with Crippen molar-refractivity contribution in [2.24, 2.45) is 0 Å². The van der Waals surface area contributed by atoms with Crippen LogP contribution in [0.2, 0.25) is 0 Å². The summed E-state index contributed by atoms with van der Waals surface area (Å²) >= 11 is 3.38. The molecular weight excluding hydrogens is 230 g/mol. The molecule has 0 saturated carbocycles. The summed E-state index contributed by atoms with van der Waals surface area (Å²) in [6, 6.07) is 5.62. The van der Waals surface area contributed by atoms with Crippen molar-refractivity contribution in [1.82, 2.24) is 0 Å². The SMILES string of the molecule is CC(C)c1cc(Br)ccc1OC#N. The lowest BCUT2D eigenvalue weighted by atomic mass is 10.0. The van der Waals surface area contributed by atoms with E-state index >= 15 is 0 Å². The van der Waals surface area contributed by atoms with Crippen molar-refractivity contribution in [3.8, 4) is 12.0 Å². The van der Waals surface area contributed by atoms with Gasteiger partial charge in [0.25, 0.3) is 6.26 Å². The summed E-state index contributed by atoms with van der Waals surface area (Å²) in [5.41, 5.74) is 1.04. The summed E-state index contributed by atoms with van der Waals surface area (Å²) in [4.78, 5) is 0. The highest BCUT2D eigenvalue weighted by atomic mass is 79.9. The van der Waals surface area contributed by atoms with E-state index in [2.05, 4.69) is 29.8 Å². The second-order valence-electron chi connectivity index (χ2n) is 3.03. The molecule has 3 heteroatoms. The van der Waals surface area contributed by atoms with Crippen molar-refractivity contribution in [2.45, 2.75) is 19.8 Å². The molecular formula is C10H10BrNO. The highest BCUT2D eigenvalue weighted by Crippen LogP contribution is 2.29. The molecule has 0 aliphatic rings. The molecule has 1 aromatic rings. The minimum atomic E-state index is 0.348.